The number of hydrazone groups is 1. The molecular weight excluding hydrogens is 290 g/mol. The van der Waals surface area contributed by atoms with Crippen LogP contribution in [0.4, 0.5) is 5.88 Å². The molecule has 8 nitrogen and oxygen atoms in total. The Morgan fingerprint density at radius 3 is 2.73 bits per heavy atom. The second kappa shape index (κ2) is 7.02. The van der Waals surface area contributed by atoms with E-state index in [0.717, 1.165) is 11.8 Å². The molecule has 0 atom stereocenters. The molecule has 0 saturated heterocycles. The van der Waals surface area contributed by atoms with E-state index >= 15 is 0 Å². The van der Waals surface area contributed by atoms with Crippen molar-refractivity contribution >= 4 is 18.0 Å². The molecule has 0 radical (unpaired) electrons. The van der Waals surface area contributed by atoms with Gasteiger partial charge in [0.1, 0.15) is 10.7 Å². The SMILES string of the molecule is Cc1ccc(OCC(=O)N/N=C\c2ccc([N+](=O)[O-])o2)cc1. The van der Waals surface area contributed by atoms with Crippen LogP contribution in [0.5, 0.6) is 5.75 Å². The molecule has 0 fully saturated rings. The quantitative estimate of drug-likeness (QED) is 0.499. The lowest BCUT2D eigenvalue weighted by molar-refractivity contribution is -0.402. The average Bonchev–Trinajstić information content (AvgIpc) is 2.96. The molecule has 1 aromatic heterocycles. The fourth-order valence-electron chi connectivity index (χ4n) is 1.49. The molecule has 0 saturated carbocycles. The zero-order chi connectivity index (χ0) is 15.9. The van der Waals surface area contributed by atoms with Crippen LogP contribution in [0.3, 0.4) is 0 Å². The molecule has 0 aliphatic rings. The van der Waals surface area contributed by atoms with Crippen molar-refractivity contribution in [2.45, 2.75) is 6.92 Å². The number of hydrogen-bond donors (Lipinski definition) is 1. The van der Waals surface area contributed by atoms with Gasteiger partial charge in [-0.15, -0.1) is 0 Å². The van der Waals surface area contributed by atoms with E-state index in [4.69, 9.17) is 9.15 Å². The third-order valence-corrected chi connectivity index (χ3v) is 2.56. The maximum Gasteiger partial charge on any atom is 0.433 e. The molecular formula is C14H13N3O5. The number of aryl methyl sites for hydroxylation is 1. The van der Waals surface area contributed by atoms with E-state index in [1.165, 1.54) is 12.1 Å². The summed E-state index contributed by atoms with van der Waals surface area (Å²) in [5, 5.41) is 14.0. The number of rotatable bonds is 6. The summed E-state index contributed by atoms with van der Waals surface area (Å²) in [4.78, 5) is 21.3. The van der Waals surface area contributed by atoms with E-state index in [1.807, 2.05) is 19.1 Å². The Morgan fingerprint density at radius 1 is 1.36 bits per heavy atom. The predicted octanol–water partition coefficient (Wildman–Crippen LogP) is 2.03. The number of nitro groups is 1. The lowest BCUT2D eigenvalue weighted by Gasteiger charge is -2.04. The number of ether oxygens (including phenoxy) is 1. The highest BCUT2D eigenvalue weighted by Gasteiger charge is 2.10. The second-order valence-corrected chi connectivity index (χ2v) is 4.33. The van der Waals surface area contributed by atoms with Gasteiger partial charge in [0.05, 0.1) is 12.3 Å². The third-order valence-electron chi connectivity index (χ3n) is 2.56. The minimum atomic E-state index is -0.661. The Labute approximate surface area is 125 Å². The van der Waals surface area contributed by atoms with Gasteiger partial charge in [0.15, 0.2) is 12.4 Å². The Morgan fingerprint density at radius 2 is 2.09 bits per heavy atom. The molecule has 1 amide bonds. The van der Waals surface area contributed by atoms with Crippen molar-refractivity contribution in [1.29, 1.82) is 0 Å². The monoisotopic (exact) mass is 303 g/mol. The molecule has 114 valence electrons. The highest BCUT2D eigenvalue weighted by atomic mass is 16.6. The number of carbonyl (C=O) groups is 1. The summed E-state index contributed by atoms with van der Waals surface area (Å²) in [6.07, 6.45) is 1.16. The van der Waals surface area contributed by atoms with Crippen molar-refractivity contribution in [3.05, 3.63) is 57.8 Å². The number of furan rings is 1. The standard InChI is InChI=1S/C14H13N3O5/c1-10-2-4-11(5-3-10)21-9-13(18)16-15-8-12-6-7-14(22-12)17(19)20/h2-8H,9H2,1H3,(H,16,18)/b15-8-. The number of benzene rings is 1. The van der Waals surface area contributed by atoms with Gasteiger partial charge in [0.25, 0.3) is 5.91 Å². The molecule has 1 aromatic carbocycles. The van der Waals surface area contributed by atoms with Crippen LogP contribution in [0.15, 0.2) is 45.9 Å². The molecule has 1 heterocycles. The lowest BCUT2D eigenvalue weighted by atomic mass is 10.2. The fourth-order valence-corrected chi connectivity index (χ4v) is 1.49. The first kappa shape index (κ1) is 15.2. The molecule has 1 N–H and O–H groups in total. The van der Waals surface area contributed by atoms with Crippen molar-refractivity contribution in [2.24, 2.45) is 5.10 Å². The van der Waals surface area contributed by atoms with Crippen molar-refractivity contribution in [3.8, 4) is 5.75 Å². The van der Waals surface area contributed by atoms with E-state index in [0.29, 0.717) is 5.75 Å². The predicted molar refractivity (Wildman–Crippen MR) is 77.8 cm³/mol. The minimum absolute atomic E-state index is 0.159. The Balaban J connectivity index is 1.78. The summed E-state index contributed by atoms with van der Waals surface area (Å²) in [5.41, 5.74) is 3.32. The first-order chi connectivity index (χ1) is 10.5. The number of carbonyl (C=O) groups excluding carboxylic acids is 1. The first-order valence-corrected chi connectivity index (χ1v) is 6.30. The summed E-state index contributed by atoms with van der Waals surface area (Å²) in [6.45, 7) is 1.75. The molecule has 0 spiro atoms. The van der Waals surface area contributed by atoms with E-state index in [2.05, 4.69) is 10.5 Å². The molecule has 0 aliphatic heterocycles. The maximum absolute atomic E-state index is 11.5. The summed E-state index contributed by atoms with van der Waals surface area (Å²) >= 11 is 0. The van der Waals surface area contributed by atoms with Gasteiger partial charge in [-0.1, -0.05) is 17.7 Å². The zero-order valence-corrected chi connectivity index (χ0v) is 11.7. The van der Waals surface area contributed by atoms with Gasteiger partial charge >= 0.3 is 5.88 Å². The van der Waals surface area contributed by atoms with E-state index in [1.54, 1.807) is 12.1 Å². The normalized spacial score (nSPS) is 10.6. The topological polar surface area (TPSA) is 107 Å². The van der Waals surface area contributed by atoms with Crippen LogP contribution in [-0.4, -0.2) is 23.7 Å². The van der Waals surface area contributed by atoms with Crippen LogP contribution in [0, 0.1) is 17.0 Å². The second-order valence-electron chi connectivity index (χ2n) is 4.33. The van der Waals surface area contributed by atoms with E-state index in [9.17, 15) is 14.9 Å². The summed E-state index contributed by atoms with van der Waals surface area (Å²) < 4.78 is 10.1. The van der Waals surface area contributed by atoms with Gasteiger partial charge in [-0.05, 0) is 25.1 Å². The van der Waals surface area contributed by atoms with Crippen LogP contribution in [0.25, 0.3) is 0 Å². The van der Waals surface area contributed by atoms with Crippen LogP contribution < -0.4 is 10.2 Å². The van der Waals surface area contributed by atoms with Gasteiger partial charge < -0.3 is 9.15 Å². The summed E-state index contributed by atoms with van der Waals surface area (Å²) in [6, 6.07) is 9.83. The maximum atomic E-state index is 11.5. The van der Waals surface area contributed by atoms with Crippen LogP contribution in [-0.2, 0) is 4.79 Å². The summed E-state index contributed by atoms with van der Waals surface area (Å²) in [5.74, 6) is -0.119. The van der Waals surface area contributed by atoms with Gasteiger partial charge in [0.2, 0.25) is 0 Å². The first-order valence-electron chi connectivity index (χ1n) is 6.30. The number of nitrogens with one attached hydrogen (secondary N) is 1. The number of nitrogens with zero attached hydrogens (tertiary/aromatic N) is 2. The van der Waals surface area contributed by atoms with E-state index < -0.39 is 16.7 Å². The van der Waals surface area contributed by atoms with E-state index in [-0.39, 0.29) is 12.4 Å². The fraction of sp³-hybridized carbons (Fsp3) is 0.143. The van der Waals surface area contributed by atoms with Crippen molar-refractivity contribution in [2.75, 3.05) is 6.61 Å². The molecule has 0 bridgehead atoms. The Hall–Kier alpha value is -3.16. The van der Waals surface area contributed by atoms with Crippen molar-refractivity contribution in [3.63, 3.8) is 0 Å². The number of amides is 1. The van der Waals surface area contributed by atoms with Crippen molar-refractivity contribution in [1.82, 2.24) is 5.43 Å². The highest BCUT2D eigenvalue weighted by Crippen LogP contribution is 2.13. The summed E-state index contributed by atoms with van der Waals surface area (Å²) in [7, 11) is 0. The Bertz CT molecular complexity index is 691. The average molecular weight is 303 g/mol. The van der Waals surface area contributed by atoms with Crippen LogP contribution in [0.2, 0.25) is 0 Å². The molecule has 2 rings (SSSR count). The third kappa shape index (κ3) is 4.44. The minimum Gasteiger partial charge on any atom is -0.484 e. The largest absolute Gasteiger partial charge is 0.484 e. The molecule has 0 unspecified atom stereocenters. The smallest absolute Gasteiger partial charge is 0.433 e. The number of hydrogen-bond acceptors (Lipinski definition) is 6. The van der Waals surface area contributed by atoms with Gasteiger partial charge in [0, 0.05) is 0 Å². The molecule has 22 heavy (non-hydrogen) atoms. The zero-order valence-electron chi connectivity index (χ0n) is 11.7. The van der Waals surface area contributed by atoms with Crippen LogP contribution in [0.1, 0.15) is 11.3 Å². The lowest BCUT2D eigenvalue weighted by Crippen LogP contribution is -2.24. The van der Waals surface area contributed by atoms with Crippen LogP contribution >= 0.6 is 0 Å². The van der Waals surface area contributed by atoms with Gasteiger partial charge in [-0.3, -0.25) is 14.9 Å². The van der Waals surface area contributed by atoms with Gasteiger partial charge in [-0.25, -0.2) is 5.43 Å². The van der Waals surface area contributed by atoms with Gasteiger partial charge in [-0.2, -0.15) is 5.10 Å². The highest BCUT2D eigenvalue weighted by molar-refractivity contribution is 5.81. The molecule has 2 aromatic rings. The molecule has 8 heteroatoms. The molecule has 0 aliphatic carbocycles. The van der Waals surface area contributed by atoms with Crippen molar-refractivity contribution < 1.29 is 18.9 Å². The Kier molecular flexibility index (Phi) is 4.86.